The van der Waals surface area contributed by atoms with E-state index >= 15 is 0 Å². The average molecular weight is 487 g/mol. The predicted octanol–water partition coefficient (Wildman–Crippen LogP) is 4.42. The van der Waals surface area contributed by atoms with Gasteiger partial charge in [-0.3, -0.25) is 4.79 Å². The predicted molar refractivity (Wildman–Crippen MR) is 127 cm³/mol. The van der Waals surface area contributed by atoms with Gasteiger partial charge in [0.2, 0.25) is 6.10 Å². The number of carbonyl (C=O) groups excluding carboxylic acids is 2. The van der Waals surface area contributed by atoms with E-state index in [0.29, 0.717) is 11.1 Å². The molecule has 35 heavy (non-hydrogen) atoms. The molecule has 0 spiro atoms. The molecule has 0 bridgehead atoms. The molecule has 1 aliphatic rings. The summed E-state index contributed by atoms with van der Waals surface area (Å²) in [7, 11) is 0. The van der Waals surface area contributed by atoms with E-state index in [4.69, 9.17) is 14.6 Å². The number of halogens is 1. The van der Waals surface area contributed by atoms with Crippen molar-refractivity contribution in [3.63, 3.8) is 0 Å². The molecule has 2 atom stereocenters. The molecule has 0 aliphatic carbocycles. The zero-order valence-corrected chi connectivity index (χ0v) is 20.6. The molecule has 0 saturated carbocycles. The number of amides is 2. The molecule has 0 unspecified atom stereocenters. The summed E-state index contributed by atoms with van der Waals surface area (Å²) in [5.41, 5.74) is 0.218. The third-order valence-electron chi connectivity index (χ3n) is 5.65. The Morgan fingerprint density at radius 1 is 1.09 bits per heavy atom. The van der Waals surface area contributed by atoms with Crippen LogP contribution in [0.15, 0.2) is 42.5 Å². The fourth-order valence-corrected chi connectivity index (χ4v) is 3.76. The van der Waals surface area contributed by atoms with E-state index in [-0.39, 0.29) is 42.9 Å². The lowest BCUT2D eigenvalue weighted by molar-refractivity contribution is -0.142. The molecule has 1 aliphatic heterocycles. The number of benzene rings is 2. The number of rotatable bonds is 5. The van der Waals surface area contributed by atoms with Gasteiger partial charge in [0.05, 0.1) is 5.56 Å². The van der Waals surface area contributed by atoms with Crippen LogP contribution in [-0.4, -0.2) is 64.2 Å². The summed E-state index contributed by atoms with van der Waals surface area (Å²) >= 11 is 0. The van der Waals surface area contributed by atoms with Crippen LogP contribution < -0.4 is 4.74 Å². The summed E-state index contributed by atoms with van der Waals surface area (Å²) in [6.45, 7) is 9.63. The fourth-order valence-electron chi connectivity index (χ4n) is 3.76. The average Bonchev–Trinajstić information content (AvgIpc) is 2.78. The first-order chi connectivity index (χ1) is 16.4. The van der Waals surface area contributed by atoms with Gasteiger partial charge in [-0.05, 0) is 70.5 Å². The largest absolute Gasteiger partial charge is 0.478 e. The number of aromatic carboxylic acids is 1. The molecule has 0 radical (unpaired) electrons. The summed E-state index contributed by atoms with van der Waals surface area (Å²) in [6.07, 6.45) is -1.59. The van der Waals surface area contributed by atoms with E-state index in [0.717, 1.165) is 0 Å². The van der Waals surface area contributed by atoms with Gasteiger partial charge in [-0.15, -0.1) is 0 Å². The third-order valence-corrected chi connectivity index (χ3v) is 5.65. The van der Waals surface area contributed by atoms with Crippen LogP contribution in [0, 0.1) is 12.7 Å². The van der Waals surface area contributed by atoms with Crippen molar-refractivity contribution < 1.29 is 33.4 Å². The standard InChI is InChI=1S/C26H31FN2O6/c1-16-6-7-19(14-21(16)27)22(34-20-10-8-18(9-11-20)24(31)32)23(30)28-12-13-29(17(2)15-28)25(33)35-26(3,4)5/h6-11,14,17,22H,12-13,15H2,1-5H3,(H,31,32)/t17-,22-/m1/s1. The Labute approximate surface area is 204 Å². The molecule has 2 aromatic carbocycles. The molecule has 1 heterocycles. The van der Waals surface area contributed by atoms with Gasteiger partial charge in [-0.25, -0.2) is 14.0 Å². The van der Waals surface area contributed by atoms with E-state index in [9.17, 15) is 18.8 Å². The number of hydrogen-bond donors (Lipinski definition) is 1. The second-order valence-corrected chi connectivity index (χ2v) is 9.64. The Bertz CT molecular complexity index is 1100. The van der Waals surface area contributed by atoms with Crippen molar-refractivity contribution in [2.45, 2.75) is 52.4 Å². The zero-order chi connectivity index (χ0) is 25.9. The Hall–Kier alpha value is -3.62. The van der Waals surface area contributed by atoms with Crippen molar-refractivity contribution in [2.75, 3.05) is 19.6 Å². The Morgan fingerprint density at radius 3 is 2.29 bits per heavy atom. The quantitative estimate of drug-likeness (QED) is 0.672. The molecule has 2 aromatic rings. The van der Waals surface area contributed by atoms with Crippen molar-refractivity contribution in [2.24, 2.45) is 0 Å². The van der Waals surface area contributed by atoms with Gasteiger partial charge in [-0.2, -0.15) is 0 Å². The Balaban J connectivity index is 1.82. The summed E-state index contributed by atoms with van der Waals surface area (Å²) in [4.78, 5) is 40.4. The van der Waals surface area contributed by atoms with Gasteiger partial charge in [0, 0.05) is 31.2 Å². The van der Waals surface area contributed by atoms with Crippen LogP contribution in [0.4, 0.5) is 9.18 Å². The van der Waals surface area contributed by atoms with Gasteiger partial charge < -0.3 is 24.4 Å². The van der Waals surface area contributed by atoms with E-state index in [2.05, 4.69) is 0 Å². The smallest absolute Gasteiger partial charge is 0.410 e. The van der Waals surface area contributed by atoms with Crippen molar-refractivity contribution in [1.82, 2.24) is 9.80 Å². The van der Waals surface area contributed by atoms with Crippen LogP contribution >= 0.6 is 0 Å². The summed E-state index contributed by atoms with van der Waals surface area (Å²) in [6, 6.07) is 9.83. The monoisotopic (exact) mass is 486 g/mol. The molecule has 188 valence electrons. The maximum atomic E-state index is 14.4. The van der Waals surface area contributed by atoms with Crippen molar-refractivity contribution in [3.05, 3.63) is 65.0 Å². The normalized spacial score (nSPS) is 17.0. The second-order valence-electron chi connectivity index (χ2n) is 9.64. The van der Waals surface area contributed by atoms with Crippen LogP contribution in [0.25, 0.3) is 0 Å². The lowest BCUT2D eigenvalue weighted by atomic mass is 10.0. The van der Waals surface area contributed by atoms with Crippen LogP contribution in [-0.2, 0) is 9.53 Å². The molecule has 8 nitrogen and oxygen atoms in total. The highest BCUT2D eigenvalue weighted by atomic mass is 19.1. The fraction of sp³-hybridized carbons (Fsp3) is 0.423. The van der Waals surface area contributed by atoms with E-state index in [1.54, 1.807) is 49.6 Å². The van der Waals surface area contributed by atoms with E-state index in [1.165, 1.54) is 30.3 Å². The molecular formula is C26H31FN2O6. The molecular weight excluding hydrogens is 455 g/mol. The highest BCUT2D eigenvalue weighted by Crippen LogP contribution is 2.27. The second kappa shape index (κ2) is 10.3. The summed E-state index contributed by atoms with van der Waals surface area (Å²) < 4.78 is 25.8. The molecule has 9 heteroatoms. The maximum Gasteiger partial charge on any atom is 0.410 e. The molecule has 3 rings (SSSR count). The molecule has 2 amide bonds. The highest BCUT2D eigenvalue weighted by Gasteiger charge is 2.36. The lowest BCUT2D eigenvalue weighted by Gasteiger charge is -2.41. The minimum Gasteiger partial charge on any atom is -0.478 e. The maximum absolute atomic E-state index is 14.4. The Morgan fingerprint density at radius 2 is 1.74 bits per heavy atom. The summed E-state index contributed by atoms with van der Waals surface area (Å²) in [5.74, 6) is -1.66. The first kappa shape index (κ1) is 26.0. The van der Waals surface area contributed by atoms with Crippen LogP contribution in [0.5, 0.6) is 5.75 Å². The van der Waals surface area contributed by atoms with Gasteiger partial charge in [0.1, 0.15) is 17.2 Å². The van der Waals surface area contributed by atoms with Gasteiger partial charge in [0.25, 0.3) is 5.91 Å². The number of piperazine rings is 1. The van der Waals surface area contributed by atoms with Crippen LogP contribution in [0.1, 0.15) is 55.3 Å². The molecule has 1 saturated heterocycles. The molecule has 1 N–H and O–H groups in total. The van der Waals surface area contributed by atoms with Crippen molar-refractivity contribution in [3.8, 4) is 5.75 Å². The number of hydrogen-bond acceptors (Lipinski definition) is 5. The number of carboxylic acid groups (broad SMARTS) is 1. The SMILES string of the molecule is Cc1ccc([C@@H](Oc2ccc(C(=O)O)cc2)C(=O)N2CCN(C(=O)OC(C)(C)C)[C@H](C)C2)cc1F. The summed E-state index contributed by atoms with van der Waals surface area (Å²) in [5, 5.41) is 9.12. The van der Waals surface area contributed by atoms with Crippen molar-refractivity contribution >= 4 is 18.0 Å². The number of ether oxygens (including phenoxy) is 2. The van der Waals surface area contributed by atoms with Crippen LogP contribution in [0.2, 0.25) is 0 Å². The minimum absolute atomic E-state index is 0.0775. The number of carbonyl (C=O) groups is 3. The van der Waals surface area contributed by atoms with E-state index < -0.39 is 29.6 Å². The zero-order valence-electron chi connectivity index (χ0n) is 20.6. The Kier molecular flexibility index (Phi) is 7.67. The molecule has 0 aromatic heterocycles. The lowest BCUT2D eigenvalue weighted by Crippen LogP contribution is -2.57. The first-order valence-electron chi connectivity index (χ1n) is 11.4. The first-order valence-corrected chi connectivity index (χ1v) is 11.4. The number of nitrogens with zero attached hydrogens (tertiary/aromatic N) is 2. The molecule has 1 fully saturated rings. The van der Waals surface area contributed by atoms with Crippen LogP contribution in [0.3, 0.4) is 0 Å². The minimum atomic E-state index is -1.15. The van der Waals surface area contributed by atoms with Gasteiger partial charge in [-0.1, -0.05) is 12.1 Å². The third kappa shape index (κ3) is 6.49. The number of aryl methyl sites for hydroxylation is 1. The van der Waals surface area contributed by atoms with Gasteiger partial charge >= 0.3 is 12.1 Å². The van der Waals surface area contributed by atoms with E-state index in [1.807, 2.05) is 6.92 Å². The van der Waals surface area contributed by atoms with Crippen molar-refractivity contribution in [1.29, 1.82) is 0 Å². The highest BCUT2D eigenvalue weighted by molar-refractivity contribution is 5.87. The number of carboxylic acids is 1. The van der Waals surface area contributed by atoms with Gasteiger partial charge in [0.15, 0.2) is 0 Å². The topological polar surface area (TPSA) is 96.4 Å².